The molecule has 0 spiro atoms. The lowest BCUT2D eigenvalue weighted by Gasteiger charge is -2.03. The van der Waals surface area contributed by atoms with E-state index >= 15 is 0 Å². The number of carbonyl (C=O) groups excluding carboxylic acids is 1. The Bertz CT molecular complexity index is 359. The summed E-state index contributed by atoms with van der Waals surface area (Å²) in [6, 6.07) is 7.90. The van der Waals surface area contributed by atoms with Crippen LogP contribution in [0.25, 0.3) is 0 Å². The Morgan fingerprint density at radius 2 is 1.87 bits per heavy atom. The monoisotopic (exact) mass is 203 g/mol. The largest absolute Gasteiger partial charge is 0.323 e. The summed E-state index contributed by atoms with van der Waals surface area (Å²) in [4.78, 5) is 11.4. The van der Waals surface area contributed by atoms with Crippen molar-refractivity contribution in [3.8, 4) is 0 Å². The van der Waals surface area contributed by atoms with Crippen LogP contribution < -0.4 is 5.32 Å². The molecule has 0 heterocycles. The molecule has 0 saturated heterocycles. The summed E-state index contributed by atoms with van der Waals surface area (Å²) >= 11 is 0. The molecule has 1 rings (SSSR count). The standard InChI is InChI=1S/C13H17NO/c1-4-11-5-7-12(8-6-11)14-13(15)9-10(2)3/h5-9H,4H2,1-3H3,(H,14,15). The highest BCUT2D eigenvalue weighted by atomic mass is 16.1. The Morgan fingerprint density at radius 3 is 2.33 bits per heavy atom. The van der Waals surface area contributed by atoms with E-state index in [1.165, 1.54) is 5.56 Å². The third-order valence-corrected chi connectivity index (χ3v) is 2.05. The molecule has 1 aromatic rings. The van der Waals surface area contributed by atoms with Crippen LogP contribution >= 0.6 is 0 Å². The number of carbonyl (C=O) groups is 1. The second-order valence-electron chi connectivity index (χ2n) is 3.76. The molecule has 0 radical (unpaired) electrons. The fourth-order valence-corrected chi connectivity index (χ4v) is 1.26. The highest BCUT2D eigenvalue weighted by molar-refractivity contribution is 5.99. The minimum atomic E-state index is -0.0701. The average Bonchev–Trinajstić information content (AvgIpc) is 2.17. The summed E-state index contributed by atoms with van der Waals surface area (Å²) in [6.07, 6.45) is 2.61. The van der Waals surface area contributed by atoms with Crippen molar-refractivity contribution in [1.29, 1.82) is 0 Å². The Labute approximate surface area is 91.0 Å². The van der Waals surface area contributed by atoms with Crippen molar-refractivity contribution >= 4 is 11.6 Å². The van der Waals surface area contributed by atoms with Crippen molar-refractivity contribution in [2.45, 2.75) is 27.2 Å². The first-order valence-corrected chi connectivity index (χ1v) is 5.16. The van der Waals surface area contributed by atoms with E-state index in [-0.39, 0.29) is 5.91 Å². The van der Waals surface area contributed by atoms with Crippen molar-refractivity contribution in [3.63, 3.8) is 0 Å². The number of allylic oxidation sites excluding steroid dienone is 1. The second kappa shape index (κ2) is 5.35. The summed E-state index contributed by atoms with van der Waals surface area (Å²) in [5, 5.41) is 2.81. The van der Waals surface area contributed by atoms with Crippen molar-refractivity contribution in [3.05, 3.63) is 41.5 Å². The predicted molar refractivity (Wildman–Crippen MR) is 63.9 cm³/mol. The molecule has 1 N–H and O–H groups in total. The first kappa shape index (κ1) is 11.5. The molecule has 0 aliphatic carbocycles. The van der Waals surface area contributed by atoms with Crippen molar-refractivity contribution in [2.24, 2.45) is 0 Å². The summed E-state index contributed by atoms with van der Waals surface area (Å²) in [6.45, 7) is 5.91. The molecule has 2 heteroatoms. The lowest BCUT2D eigenvalue weighted by molar-refractivity contribution is -0.111. The zero-order valence-electron chi connectivity index (χ0n) is 9.50. The molecule has 80 valence electrons. The van der Waals surface area contributed by atoms with Gasteiger partial charge in [-0.05, 0) is 38.0 Å². The minimum absolute atomic E-state index is 0.0701. The molecule has 15 heavy (non-hydrogen) atoms. The lowest BCUT2D eigenvalue weighted by atomic mass is 10.1. The first-order valence-electron chi connectivity index (χ1n) is 5.16. The van der Waals surface area contributed by atoms with Crippen molar-refractivity contribution in [2.75, 3.05) is 5.32 Å². The number of amides is 1. The molecule has 1 aromatic carbocycles. The van der Waals surface area contributed by atoms with Gasteiger partial charge in [0, 0.05) is 11.8 Å². The van der Waals surface area contributed by atoms with Crippen LogP contribution in [-0.2, 0) is 11.2 Å². The lowest BCUT2D eigenvalue weighted by Crippen LogP contribution is -2.08. The predicted octanol–water partition coefficient (Wildman–Crippen LogP) is 3.15. The van der Waals surface area contributed by atoms with Gasteiger partial charge in [0.2, 0.25) is 5.91 Å². The third-order valence-electron chi connectivity index (χ3n) is 2.05. The molecule has 0 unspecified atom stereocenters. The fraction of sp³-hybridized carbons (Fsp3) is 0.308. The van der Waals surface area contributed by atoms with Gasteiger partial charge in [0.1, 0.15) is 0 Å². The molecule has 0 saturated carbocycles. The smallest absolute Gasteiger partial charge is 0.248 e. The van der Waals surface area contributed by atoms with Crippen LogP contribution in [0.15, 0.2) is 35.9 Å². The molecular formula is C13H17NO. The van der Waals surface area contributed by atoms with Crippen LogP contribution in [0, 0.1) is 0 Å². The summed E-state index contributed by atoms with van der Waals surface area (Å²) in [5.74, 6) is -0.0701. The van der Waals surface area contributed by atoms with Crippen LogP contribution in [0.5, 0.6) is 0 Å². The van der Waals surface area contributed by atoms with Gasteiger partial charge in [0.15, 0.2) is 0 Å². The van der Waals surface area contributed by atoms with Crippen LogP contribution in [0.4, 0.5) is 5.69 Å². The first-order chi connectivity index (χ1) is 7.11. The Kier molecular flexibility index (Phi) is 4.10. The molecule has 0 bridgehead atoms. The molecule has 0 aliphatic rings. The molecule has 2 nitrogen and oxygen atoms in total. The van der Waals surface area contributed by atoms with Crippen LogP contribution in [0.1, 0.15) is 26.3 Å². The van der Waals surface area contributed by atoms with Gasteiger partial charge >= 0.3 is 0 Å². The van der Waals surface area contributed by atoms with Crippen LogP contribution in [-0.4, -0.2) is 5.91 Å². The summed E-state index contributed by atoms with van der Waals surface area (Å²) in [7, 11) is 0. The van der Waals surface area contributed by atoms with E-state index < -0.39 is 0 Å². The van der Waals surface area contributed by atoms with Crippen molar-refractivity contribution in [1.82, 2.24) is 0 Å². The molecular weight excluding hydrogens is 186 g/mol. The topological polar surface area (TPSA) is 29.1 Å². The maximum absolute atomic E-state index is 11.4. The van der Waals surface area contributed by atoms with Gasteiger partial charge in [-0.2, -0.15) is 0 Å². The van der Waals surface area contributed by atoms with Gasteiger partial charge in [0.25, 0.3) is 0 Å². The fourth-order valence-electron chi connectivity index (χ4n) is 1.26. The molecule has 1 amide bonds. The maximum atomic E-state index is 11.4. The van der Waals surface area contributed by atoms with Gasteiger partial charge in [-0.1, -0.05) is 24.6 Å². The van der Waals surface area contributed by atoms with Gasteiger partial charge in [0.05, 0.1) is 0 Å². The summed E-state index contributed by atoms with van der Waals surface area (Å²) < 4.78 is 0. The average molecular weight is 203 g/mol. The van der Waals surface area contributed by atoms with Gasteiger partial charge in [-0.15, -0.1) is 0 Å². The molecule has 0 aromatic heterocycles. The number of hydrogen-bond donors (Lipinski definition) is 1. The number of rotatable bonds is 3. The van der Waals surface area contributed by atoms with Crippen molar-refractivity contribution < 1.29 is 4.79 Å². The molecule has 0 fully saturated rings. The zero-order valence-corrected chi connectivity index (χ0v) is 9.50. The number of nitrogens with one attached hydrogen (secondary N) is 1. The number of anilines is 1. The Morgan fingerprint density at radius 1 is 1.27 bits per heavy atom. The highest BCUT2D eigenvalue weighted by Gasteiger charge is 1.97. The van der Waals surface area contributed by atoms with Gasteiger partial charge < -0.3 is 5.32 Å². The molecule has 0 aliphatic heterocycles. The maximum Gasteiger partial charge on any atom is 0.248 e. The second-order valence-corrected chi connectivity index (χ2v) is 3.76. The van der Waals surface area contributed by atoms with E-state index in [2.05, 4.69) is 12.2 Å². The third kappa shape index (κ3) is 3.98. The summed E-state index contributed by atoms with van der Waals surface area (Å²) in [5.41, 5.74) is 3.11. The van der Waals surface area contributed by atoms with Gasteiger partial charge in [-0.25, -0.2) is 0 Å². The van der Waals surface area contributed by atoms with E-state index in [1.54, 1.807) is 6.08 Å². The number of benzene rings is 1. The minimum Gasteiger partial charge on any atom is -0.323 e. The van der Waals surface area contributed by atoms with Gasteiger partial charge in [-0.3, -0.25) is 4.79 Å². The van der Waals surface area contributed by atoms with E-state index in [0.29, 0.717) is 0 Å². The number of aryl methyl sites for hydroxylation is 1. The normalized spacial score (nSPS) is 9.53. The highest BCUT2D eigenvalue weighted by Crippen LogP contribution is 2.10. The van der Waals surface area contributed by atoms with E-state index in [1.807, 2.05) is 38.1 Å². The van der Waals surface area contributed by atoms with Crippen LogP contribution in [0.2, 0.25) is 0 Å². The van der Waals surface area contributed by atoms with E-state index in [9.17, 15) is 4.79 Å². The zero-order chi connectivity index (χ0) is 11.3. The Hall–Kier alpha value is -1.57. The Balaban J connectivity index is 2.65. The quantitative estimate of drug-likeness (QED) is 0.751. The molecule has 0 atom stereocenters. The SMILES string of the molecule is CCc1ccc(NC(=O)C=C(C)C)cc1. The van der Waals surface area contributed by atoms with E-state index in [4.69, 9.17) is 0 Å². The van der Waals surface area contributed by atoms with E-state index in [0.717, 1.165) is 17.7 Å². The number of hydrogen-bond acceptors (Lipinski definition) is 1. The van der Waals surface area contributed by atoms with Crippen LogP contribution in [0.3, 0.4) is 0 Å².